The van der Waals surface area contributed by atoms with Gasteiger partial charge < -0.3 is 4.90 Å². The molecule has 13 heavy (non-hydrogen) atoms. The van der Waals surface area contributed by atoms with E-state index in [1.54, 1.807) is 6.08 Å². The second-order valence-corrected chi connectivity index (χ2v) is 4.19. The molecule has 0 aromatic carbocycles. The maximum absolute atomic E-state index is 11.2. The van der Waals surface area contributed by atoms with Crippen LogP contribution in [0.4, 0.5) is 0 Å². The second kappa shape index (κ2) is 2.22. The van der Waals surface area contributed by atoms with Crippen LogP contribution in [0, 0.1) is 5.92 Å². The molecular weight excluding hydrogens is 166 g/mol. The molecule has 0 N–H and O–H groups in total. The summed E-state index contributed by atoms with van der Waals surface area (Å²) in [6.45, 7) is 0.793. The summed E-state index contributed by atoms with van der Waals surface area (Å²) < 4.78 is 0. The number of piperidine rings is 1. The summed E-state index contributed by atoms with van der Waals surface area (Å²) in [5, 5.41) is 0. The third kappa shape index (κ3) is 0.900. The largest absolute Gasteiger partial charge is 0.338 e. The third-order valence-corrected chi connectivity index (χ3v) is 3.38. The molecule has 1 amide bonds. The Kier molecular flexibility index (Phi) is 1.25. The van der Waals surface area contributed by atoms with E-state index in [-0.39, 0.29) is 11.7 Å². The summed E-state index contributed by atoms with van der Waals surface area (Å²) in [7, 11) is 0. The van der Waals surface area contributed by atoms with Gasteiger partial charge in [-0.1, -0.05) is 5.57 Å². The Labute approximate surface area is 76.4 Å². The Morgan fingerprint density at radius 3 is 2.85 bits per heavy atom. The molecule has 68 valence electrons. The van der Waals surface area contributed by atoms with Crippen LogP contribution in [0.5, 0.6) is 0 Å². The van der Waals surface area contributed by atoms with Crippen LogP contribution in [-0.2, 0) is 9.59 Å². The fourth-order valence-corrected chi connectivity index (χ4v) is 2.63. The molecule has 3 rings (SSSR count). The maximum Gasteiger partial charge on any atom is 0.224 e. The van der Waals surface area contributed by atoms with E-state index >= 15 is 0 Å². The van der Waals surface area contributed by atoms with Crippen LogP contribution in [0.25, 0.3) is 0 Å². The fraction of sp³-hybridized carbons (Fsp3) is 0.600. The second-order valence-electron chi connectivity index (χ2n) is 4.19. The van der Waals surface area contributed by atoms with Gasteiger partial charge in [0.15, 0.2) is 5.78 Å². The summed E-state index contributed by atoms with van der Waals surface area (Å²) in [5.41, 5.74) is 1.29. The molecule has 3 heteroatoms. The normalized spacial score (nSPS) is 36.6. The summed E-state index contributed by atoms with van der Waals surface area (Å²) in [6.07, 6.45) is 4.07. The van der Waals surface area contributed by atoms with Crippen LogP contribution in [0.15, 0.2) is 11.6 Å². The first-order chi connectivity index (χ1) is 6.24. The Balaban J connectivity index is 1.85. The molecule has 2 unspecified atom stereocenters. The zero-order valence-electron chi connectivity index (χ0n) is 7.32. The van der Waals surface area contributed by atoms with Crippen LogP contribution in [0.1, 0.15) is 19.3 Å². The quantitative estimate of drug-likeness (QED) is 0.505. The zero-order valence-corrected chi connectivity index (χ0v) is 7.32. The molecule has 2 heterocycles. The maximum atomic E-state index is 11.2. The molecule has 3 aliphatic rings. The summed E-state index contributed by atoms with van der Waals surface area (Å²) >= 11 is 0. The van der Waals surface area contributed by atoms with Crippen molar-refractivity contribution in [3.8, 4) is 0 Å². The molecule has 1 aliphatic carbocycles. The van der Waals surface area contributed by atoms with Gasteiger partial charge >= 0.3 is 0 Å². The van der Waals surface area contributed by atoms with Crippen LogP contribution < -0.4 is 0 Å². The minimum atomic E-state index is 0.245. The van der Waals surface area contributed by atoms with Crippen molar-refractivity contribution in [3.63, 3.8) is 0 Å². The topological polar surface area (TPSA) is 37.4 Å². The summed E-state index contributed by atoms with van der Waals surface area (Å²) in [6, 6.07) is 0.417. The van der Waals surface area contributed by atoms with Gasteiger partial charge in [0.05, 0.1) is 0 Å². The number of rotatable bonds is 0. The first-order valence-corrected chi connectivity index (χ1v) is 4.77. The highest BCUT2D eigenvalue weighted by atomic mass is 16.2. The highest BCUT2D eigenvalue weighted by Crippen LogP contribution is 2.39. The van der Waals surface area contributed by atoms with Crippen molar-refractivity contribution < 1.29 is 9.59 Å². The average molecular weight is 177 g/mol. The first kappa shape index (κ1) is 7.30. The number of carbonyl (C=O) groups is 2. The number of allylic oxidation sites excluding steroid dienone is 1. The van der Waals surface area contributed by atoms with E-state index in [2.05, 4.69) is 0 Å². The molecule has 0 aromatic rings. The lowest BCUT2D eigenvalue weighted by molar-refractivity contribution is -0.148. The lowest BCUT2D eigenvalue weighted by Gasteiger charge is -2.46. The predicted molar refractivity (Wildman–Crippen MR) is 45.9 cm³/mol. The summed E-state index contributed by atoms with van der Waals surface area (Å²) in [5.74, 6) is 0.867. The number of hydrogen-bond donors (Lipinski definition) is 0. The smallest absolute Gasteiger partial charge is 0.224 e. The predicted octanol–water partition coefficient (Wildman–Crippen LogP) is 0.506. The standard InChI is InChI=1S/C10H11NO2/c12-9-2-6-1-8-4-10(13)11(8)5-7(6)3-9/h2,7-8H,1,3-5H2. The van der Waals surface area contributed by atoms with Gasteiger partial charge in [-0.3, -0.25) is 9.59 Å². The van der Waals surface area contributed by atoms with E-state index in [1.807, 2.05) is 4.90 Å². The molecular formula is C10H11NO2. The van der Waals surface area contributed by atoms with E-state index in [4.69, 9.17) is 0 Å². The molecule has 2 atom stereocenters. The molecule has 2 fully saturated rings. The average Bonchev–Trinajstić information content (AvgIpc) is 2.42. The van der Waals surface area contributed by atoms with Crippen LogP contribution in [0.3, 0.4) is 0 Å². The molecule has 0 bridgehead atoms. The number of carbonyl (C=O) groups excluding carboxylic acids is 2. The van der Waals surface area contributed by atoms with Crippen molar-refractivity contribution in [1.29, 1.82) is 0 Å². The lowest BCUT2D eigenvalue weighted by atomic mass is 9.83. The van der Waals surface area contributed by atoms with Crippen molar-refractivity contribution in [1.82, 2.24) is 4.90 Å². The van der Waals surface area contributed by atoms with Crippen molar-refractivity contribution in [3.05, 3.63) is 11.6 Å². The van der Waals surface area contributed by atoms with Crippen LogP contribution in [-0.4, -0.2) is 29.2 Å². The van der Waals surface area contributed by atoms with Gasteiger partial charge in [-0.25, -0.2) is 0 Å². The molecule has 0 saturated carbocycles. The number of β-lactam (4-membered cyclic amide) rings is 1. The number of ketones is 1. The minimum Gasteiger partial charge on any atom is -0.338 e. The number of nitrogens with zero attached hydrogens (tertiary/aromatic N) is 1. The Morgan fingerprint density at radius 1 is 1.23 bits per heavy atom. The van der Waals surface area contributed by atoms with Crippen LogP contribution >= 0.6 is 0 Å². The minimum absolute atomic E-state index is 0.245. The highest BCUT2D eigenvalue weighted by Gasteiger charge is 2.44. The first-order valence-electron chi connectivity index (χ1n) is 4.77. The van der Waals surface area contributed by atoms with Crippen molar-refractivity contribution in [2.24, 2.45) is 5.92 Å². The van der Waals surface area contributed by atoms with Gasteiger partial charge in [-0.15, -0.1) is 0 Å². The SMILES string of the molecule is O=C1C=C2CC3CC(=O)N3CC2C1. The molecule has 0 radical (unpaired) electrons. The highest BCUT2D eigenvalue weighted by molar-refractivity contribution is 5.94. The molecule has 0 aromatic heterocycles. The van der Waals surface area contributed by atoms with E-state index < -0.39 is 0 Å². The van der Waals surface area contributed by atoms with E-state index in [0.717, 1.165) is 13.0 Å². The van der Waals surface area contributed by atoms with Gasteiger partial charge in [0.2, 0.25) is 5.91 Å². The van der Waals surface area contributed by atoms with Gasteiger partial charge in [-0.2, -0.15) is 0 Å². The zero-order chi connectivity index (χ0) is 9.00. The lowest BCUT2D eigenvalue weighted by Crippen LogP contribution is -2.57. The van der Waals surface area contributed by atoms with Gasteiger partial charge in [0.25, 0.3) is 0 Å². The Bertz CT molecular complexity index is 332. The molecule has 3 nitrogen and oxygen atoms in total. The number of amides is 1. The van der Waals surface area contributed by atoms with Gasteiger partial charge in [0, 0.05) is 31.3 Å². The van der Waals surface area contributed by atoms with Crippen molar-refractivity contribution in [2.45, 2.75) is 25.3 Å². The van der Waals surface area contributed by atoms with Gasteiger partial charge in [0.1, 0.15) is 0 Å². The third-order valence-electron chi connectivity index (χ3n) is 3.38. The molecule has 0 spiro atoms. The van der Waals surface area contributed by atoms with Crippen molar-refractivity contribution in [2.75, 3.05) is 6.54 Å². The summed E-state index contributed by atoms with van der Waals surface area (Å²) in [4.78, 5) is 24.2. The van der Waals surface area contributed by atoms with Crippen molar-refractivity contribution >= 4 is 11.7 Å². The molecule has 2 aliphatic heterocycles. The Morgan fingerprint density at radius 2 is 2.08 bits per heavy atom. The Hall–Kier alpha value is -1.12. The van der Waals surface area contributed by atoms with E-state index in [0.29, 0.717) is 24.8 Å². The monoisotopic (exact) mass is 177 g/mol. The van der Waals surface area contributed by atoms with E-state index in [9.17, 15) is 9.59 Å². The molecule has 2 saturated heterocycles. The number of fused-ring (bicyclic) bond motifs is 2. The van der Waals surface area contributed by atoms with E-state index in [1.165, 1.54) is 5.57 Å². The number of hydrogen-bond acceptors (Lipinski definition) is 2. The van der Waals surface area contributed by atoms with Gasteiger partial charge in [-0.05, 0) is 12.5 Å². The van der Waals surface area contributed by atoms with Crippen LogP contribution in [0.2, 0.25) is 0 Å². The fourth-order valence-electron chi connectivity index (χ4n) is 2.63.